The van der Waals surface area contributed by atoms with Crippen molar-refractivity contribution in [3.63, 3.8) is 0 Å². The molecule has 0 radical (unpaired) electrons. The number of benzene rings is 2. The highest BCUT2D eigenvalue weighted by atomic mass is 19.1. The highest BCUT2D eigenvalue weighted by molar-refractivity contribution is 6.04. The Morgan fingerprint density at radius 1 is 1.14 bits per heavy atom. The lowest BCUT2D eigenvalue weighted by molar-refractivity contribution is -0.126. The molecule has 144 valence electrons. The lowest BCUT2D eigenvalue weighted by Gasteiger charge is -2.36. The molecule has 1 fully saturated rings. The number of carbonyl (C=O) groups excluding carboxylic acids is 1. The lowest BCUT2D eigenvalue weighted by Crippen LogP contribution is -2.47. The van der Waals surface area contributed by atoms with Gasteiger partial charge >= 0.3 is 0 Å². The van der Waals surface area contributed by atoms with E-state index in [9.17, 15) is 13.6 Å². The fourth-order valence-electron chi connectivity index (χ4n) is 4.12. The van der Waals surface area contributed by atoms with Crippen LogP contribution in [0.15, 0.2) is 23.2 Å². The van der Waals surface area contributed by atoms with E-state index in [1.165, 1.54) is 12.5 Å². The first-order valence-electron chi connectivity index (χ1n) is 8.96. The summed E-state index contributed by atoms with van der Waals surface area (Å²) in [6, 6.07) is 2.30. The summed E-state index contributed by atoms with van der Waals surface area (Å²) in [6.07, 6.45) is 2.04. The maximum atomic E-state index is 15.1. The van der Waals surface area contributed by atoms with Crippen LogP contribution in [0.3, 0.4) is 0 Å². The third kappa shape index (κ3) is 2.26. The molecule has 1 amide bonds. The Morgan fingerprint density at radius 2 is 1.89 bits per heavy atom. The molecule has 1 aliphatic carbocycles. The second-order valence-electron chi connectivity index (χ2n) is 7.35. The van der Waals surface area contributed by atoms with Crippen molar-refractivity contribution in [3.8, 4) is 11.1 Å². The summed E-state index contributed by atoms with van der Waals surface area (Å²) in [4.78, 5) is 18.8. The highest BCUT2D eigenvalue weighted by Gasteiger charge is 2.49. The first-order valence-corrected chi connectivity index (χ1v) is 8.96. The zero-order chi connectivity index (χ0) is 19.7. The third-order valence-corrected chi connectivity index (χ3v) is 5.55. The molecule has 0 bridgehead atoms. The smallest absolute Gasteiger partial charge is 0.271 e. The van der Waals surface area contributed by atoms with Gasteiger partial charge < -0.3 is 15.4 Å². The lowest BCUT2D eigenvalue weighted by atomic mass is 9.87. The Balaban J connectivity index is 1.78. The Hall–Kier alpha value is -3.03. The van der Waals surface area contributed by atoms with E-state index in [2.05, 4.69) is 4.99 Å². The number of nitrogen functional groups attached to an aromatic ring is 1. The van der Waals surface area contributed by atoms with Crippen molar-refractivity contribution in [2.75, 3.05) is 10.6 Å². The minimum absolute atomic E-state index is 0.0126. The normalized spacial score (nSPS) is 22.9. The van der Waals surface area contributed by atoms with Crippen molar-refractivity contribution >= 4 is 23.7 Å². The van der Waals surface area contributed by atoms with Crippen molar-refractivity contribution in [2.24, 2.45) is 4.99 Å². The first-order chi connectivity index (χ1) is 13.4. The van der Waals surface area contributed by atoms with Crippen LogP contribution in [-0.2, 0) is 9.53 Å². The molecular formula is C20H16F3N3O2. The van der Waals surface area contributed by atoms with E-state index < -0.39 is 29.6 Å². The molecule has 1 saturated carbocycles. The fraction of sp³-hybridized carbons (Fsp3) is 0.300. The number of ether oxygens (including phenoxy) is 1. The fourth-order valence-corrected chi connectivity index (χ4v) is 4.12. The van der Waals surface area contributed by atoms with Gasteiger partial charge in [0.15, 0.2) is 6.40 Å². The first kappa shape index (κ1) is 17.1. The average molecular weight is 387 g/mol. The summed E-state index contributed by atoms with van der Waals surface area (Å²) in [5, 5.41) is 0. The zero-order valence-electron chi connectivity index (χ0n) is 14.9. The summed E-state index contributed by atoms with van der Waals surface area (Å²) in [6.45, 7) is 1.60. The van der Waals surface area contributed by atoms with E-state index >= 15 is 4.39 Å². The van der Waals surface area contributed by atoms with Crippen LogP contribution in [0.4, 0.5) is 24.5 Å². The van der Waals surface area contributed by atoms with E-state index in [0.717, 1.165) is 25.0 Å². The topological polar surface area (TPSA) is 67.9 Å². The molecule has 3 aliphatic rings. The molecule has 0 spiro atoms. The molecule has 2 heterocycles. The minimum atomic E-state index is -0.836. The maximum Gasteiger partial charge on any atom is 0.271 e. The molecule has 2 aromatic carbocycles. The van der Waals surface area contributed by atoms with E-state index in [1.54, 1.807) is 11.8 Å². The van der Waals surface area contributed by atoms with Gasteiger partial charge in [-0.1, -0.05) is 0 Å². The number of halogens is 3. The molecule has 5 nitrogen and oxygen atoms in total. The molecule has 0 aromatic heterocycles. The van der Waals surface area contributed by atoms with E-state index in [4.69, 9.17) is 10.5 Å². The molecule has 0 saturated heterocycles. The molecule has 28 heavy (non-hydrogen) atoms. The van der Waals surface area contributed by atoms with Crippen molar-refractivity contribution in [1.29, 1.82) is 0 Å². The molecule has 5 rings (SSSR count). The number of fused-ring (bicyclic) bond motifs is 3. The van der Waals surface area contributed by atoms with Gasteiger partial charge in [0.1, 0.15) is 23.5 Å². The Kier molecular flexibility index (Phi) is 3.50. The number of nitrogens with two attached hydrogens (primary N) is 1. The van der Waals surface area contributed by atoms with Crippen molar-refractivity contribution < 1.29 is 22.7 Å². The van der Waals surface area contributed by atoms with E-state index in [0.29, 0.717) is 16.8 Å². The van der Waals surface area contributed by atoms with Crippen LogP contribution in [0.1, 0.15) is 30.0 Å². The van der Waals surface area contributed by atoms with Gasteiger partial charge in [-0.3, -0.25) is 4.79 Å². The summed E-state index contributed by atoms with van der Waals surface area (Å²) < 4.78 is 49.0. The van der Waals surface area contributed by atoms with Crippen LogP contribution in [0, 0.1) is 24.4 Å². The quantitative estimate of drug-likeness (QED) is 0.800. The molecular weight excluding hydrogens is 371 g/mol. The summed E-state index contributed by atoms with van der Waals surface area (Å²) in [7, 11) is 0. The Labute approximate surface area is 158 Å². The predicted octanol–water partition coefficient (Wildman–Crippen LogP) is 3.64. The molecule has 2 N–H and O–H groups in total. The number of hydrogen-bond acceptors (Lipinski definition) is 4. The molecule has 2 unspecified atom stereocenters. The second-order valence-corrected chi connectivity index (χ2v) is 7.35. The Bertz CT molecular complexity index is 1070. The summed E-state index contributed by atoms with van der Waals surface area (Å²) >= 11 is 0. The van der Waals surface area contributed by atoms with Gasteiger partial charge in [0.05, 0.1) is 11.4 Å². The van der Waals surface area contributed by atoms with Crippen molar-refractivity contribution in [1.82, 2.24) is 0 Å². The number of rotatable bonds is 2. The van der Waals surface area contributed by atoms with Gasteiger partial charge in [-0.05, 0) is 37.5 Å². The van der Waals surface area contributed by atoms with Crippen LogP contribution in [0.2, 0.25) is 0 Å². The SMILES string of the molecule is Cc1c(-c2cc(F)c(N)cc2F)c(F)cc2c1N(C1CC1)C(=O)C1OC=NC21. The minimum Gasteiger partial charge on any atom is -0.468 e. The van der Waals surface area contributed by atoms with Crippen LogP contribution in [-0.4, -0.2) is 24.5 Å². The third-order valence-electron chi connectivity index (χ3n) is 5.55. The number of nitrogens with zero attached hydrogens (tertiary/aromatic N) is 2. The second kappa shape index (κ2) is 5.73. The van der Waals surface area contributed by atoms with Crippen LogP contribution < -0.4 is 10.6 Å². The maximum absolute atomic E-state index is 15.1. The number of amides is 1. The summed E-state index contributed by atoms with van der Waals surface area (Å²) in [5.41, 5.74) is 6.11. The van der Waals surface area contributed by atoms with Gasteiger partial charge in [0.25, 0.3) is 5.91 Å². The van der Waals surface area contributed by atoms with Crippen molar-refractivity contribution in [2.45, 2.75) is 38.0 Å². The van der Waals surface area contributed by atoms with Crippen LogP contribution >= 0.6 is 0 Å². The largest absolute Gasteiger partial charge is 0.468 e. The van der Waals surface area contributed by atoms with Gasteiger partial charge in [0.2, 0.25) is 6.10 Å². The van der Waals surface area contributed by atoms with Gasteiger partial charge in [0, 0.05) is 28.8 Å². The van der Waals surface area contributed by atoms with E-state index in [1.807, 2.05) is 0 Å². The zero-order valence-corrected chi connectivity index (χ0v) is 14.9. The summed E-state index contributed by atoms with van der Waals surface area (Å²) in [5.74, 6) is -2.63. The molecule has 2 atom stereocenters. The highest BCUT2D eigenvalue weighted by Crippen LogP contribution is 2.49. The van der Waals surface area contributed by atoms with Crippen molar-refractivity contribution in [3.05, 3.63) is 46.8 Å². The van der Waals surface area contributed by atoms with Gasteiger partial charge in [-0.15, -0.1) is 0 Å². The number of hydrogen-bond donors (Lipinski definition) is 1. The number of anilines is 2. The molecule has 8 heteroatoms. The van der Waals surface area contributed by atoms with Gasteiger partial charge in [-0.25, -0.2) is 18.2 Å². The average Bonchev–Trinajstić information content (AvgIpc) is 3.35. The Morgan fingerprint density at radius 3 is 2.61 bits per heavy atom. The molecule has 2 aliphatic heterocycles. The van der Waals surface area contributed by atoms with Crippen LogP contribution in [0.25, 0.3) is 11.1 Å². The predicted molar refractivity (Wildman–Crippen MR) is 97.5 cm³/mol. The van der Waals surface area contributed by atoms with Gasteiger partial charge in [-0.2, -0.15) is 0 Å². The van der Waals surface area contributed by atoms with Crippen LogP contribution in [0.5, 0.6) is 0 Å². The number of carbonyl (C=O) groups is 1. The number of aliphatic imine (C=N–C) groups is 1. The standard InChI is InChI=1S/C20H16F3N3O2/c1-8-16(10-4-13(22)15(24)6-12(10)21)14(23)5-11-17-19(28-7-25-17)20(27)26(18(8)11)9-2-3-9/h4-7,9,17,19H,2-3,24H2,1H3. The van der Waals surface area contributed by atoms with E-state index in [-0.39, 0.29) is 28.8 Å². The molecule has 2 aromatic rings. The monoisotopic (exact) mass is 387 g/mol.